The number of hydrogen-bond acceptors (Lipinski definition) is 9. The fourth-order valence-electron chi connectivity index (χ4n) is 7.98. The van der Waals surface area contributed by atoms with Gasteiger partial charge in [0, 0.05) is 54.9 Å². The standard InChI is InChI=1S/C42H50N8O3/c1-8-26-13-12-14-27(9-2)36(26)45-41(51)38-31-18-17-28-25-43-42(46-37(28)39(31)49(5)47-38)44-32-19-20-33(50-23-21-29(22-24-50)48(3)4)35(40(32)53-7)30-15-10-11-16-34(30)52-6/h10-16,19-20,25,29H,8-9,17-18,21-24H2,1-7H3,(H,45,51)(H,43,44,46). The number of carbonyl (C=O) groups excluding carboxylic acids is 1. The molecule has 2 N–H and O–H groups in total. The number of hydrogen-bond donors (Lipinski definition) is 2. The summed E-state index contributed by atoms with van der Waals surface area (Å²) >= 11 is 0. The summed E-state index contributed by atoms with van der Waals surface area (Å²) in [7, 11) is 9.59. The van der Waals surface area contributed by atoms with Gasteiger partial charge >= 0.3 is 0 Å². The maximum absolute atomic E-state index is 13.8. The highest BCUT2D eigenvalue weighted by atomic mass is 16.5. The van der Waals surface area contributed by atoms with Gasteiger partial charge in [-0.15, -0.1) is 0 Å². The number of nitrogens with zero attached hydrogens (tertiary/aromatic N) is 6. The molecule has 1 amide bonds. The highest BCUT2D eigenvalue weighted by molar-refractivity contribution is 6.06. The van der Waals surface area contributed by atoms with Crippen molar-refractivity contribution in [2.75, 3.05) is 56.9 Å². The molecule has 0 bridgehead atoms. The third-order valence-electron chi connectivity index (χ3n) is 10.8. The summed E-state index contributed by atoms with van der Waals surface area (Å²) in [4.78, 5) is 28.4. The number of piperidine rings is 1. The second-order valence-corrected chi connectivity index (χ2v) is 14.0. The lowest BCUT2D eigenvalue weighted by Gasteiger charge is -2.38. The summed E-state index contributed by atoms with van der Waals surface area (Å²) in [6.45, 7) is 6.08. The molecule has 0 radical (unpaired) electrons. The van der Waals surface area contributed by atoms with Crippen molar-refractivity contribution in [3.63, 3.8) is 0 Å². The number of amides is 1. The Balaban J connectivity index is 1.24. The lowest BCUT2D eigenvalue weighted by molar-refractivity contribution is 0.102. The van der Waals surface area contributed by atoms with Gasteiger partial charge in [0.25, 0.3) is 5.91 Å². The van der Waals surface area contributed by atoms with Crippen LogP contribution >= 0.6 is 0 Å². The molecule has 3 heterocycles. The minimum absolute atomic E-state index is 0.201. The van der Waals surface area contributed by atoms with Crippen molar-refractivity contribution in [2.24, 2.45) is 7.05 Å². The van der Waals surface area contributed by atoms with Gasteiger partial charge in [0.05, 0.1) is 36.9 Å². The minimum atomic E-state index is -0.201. The summed E-state index contributed by atoms with van der Waals surface area (Å²) in [5.41, 5.74) is 10.8. The predicted octanol–water partition coefficient (Wildman–Crippen LogP) is 7.31. The molecule has 2 aromatic heterocycles. The molecular weight excluding hydrogens is 665 g/mol. The molecule has 2 aliphatic rings. The van der Waals surface area contributed by atoms with E-state index < -0.39 is 0 Å². The van der Waals surface area contributed by atoms with Gasteiger partial charge in [-0.2, -0.15) is 5.10 Å². The van der Waals surface area contributed by atoms with E-state index in [0.717, 1.165) is 106 Å². The molecular formula is C42H50N8O3. The molecule has 11 nitrogen and oxygen atoms in total. The van der Waals surface area contributed by atoms with Gasteiger partial charge < -0.3 is 29.9 Å². The van der Waals surface area contributed by atoms with Gasteiger partial charge in [0.2, 0.25) is 5.95 Å². The molecule has 0 unspecified atom stereocenters. The second-order valence-electron chi connectivity index (χ2n) is 14.0. The van der Waals surface area contributed by atoms with Crippen LogP contribution in [0.3, 0.4) is 0 Å². The first-order valence-electron chi connectivity index (χ1n) is 18.6. The predicted molar refractivity (Wildman–Crippen MR) is 212 cm³/mol. The Morgan fingerprint density at radius 2 is 1.68 bits per heavy atom. The second kappa shape index (κ2) is 15.3. The van der Waals surface area contributed by atoms with E-state index in [-0.39, 0.29) is 5.91 Å². The maximum atomic E-state index is 13.8. The number of carbonyl (C=O) groups is 1. The Labute approximate surface area is 312 Å². The minimum Gasteiger partial charge on any atom is -0.496 e. The fraction of sp³-hybridized carbons (Fsp3) is 0.381. The quantitative estimate of drug-likeness (QED) is 0.146. The van der Waals surface area contributed by atoms with Crippen LogP contribution in [-0.4, -0.2) is 78.0 Å². The zero-order valence-corrected chi connectivity index (χ0v) is 31.9. The Kier molecular flexibility index (Phi) is 10.4. The Morgan fingerprint density at radius 3 is 2.36 bits per heavy atom. The van der Waals surface area contributed by atoms with Crippen molar-refractivity contribution in [3.8, 4) is 34.0 Å². The highest BCUT2D eigenvalue weighted by Gasteiger charge is 2.31. The molecule has 1 aliphatic heterocycles. The number of para-hydroxylation sites is 2. The van der Waals surface area contributed by atoms with Crippen LogP contribution in [0.5, 0.6) is 11.5 Å². The molecule has 53 heavy (non-hydrogen) atoms. The molecule has 1 aliphatic carbocycles. The number of anilines is 4. The van der Waals surface area contributed by atoms with Crippen LogP contribution in [0.2, 0.25) is 0 Å². The molecule has 3 aromatic carbocycles. The smallest absolute Gasteiger partial charge is 0.276 e. The van der Waals surface area contributed by atoms with E-state index in [0.29, 0.717) is 36.3 Å². The van der Waals surface area contributed by atoms with Crippen molar-refractivity contribution in [1.82, 2.24) is 24.6 Å². The van der Waals surface area contributed by atoms with Crippen molar-refractivity contribution in [2.45, 2.75) is 58.4 Å². The Bertz CT molecular complexity index is 2110. The molecule has 5 aromatic rings. The topological polar surface area (TPSA) is 110 Å². The van der Waals surface area contributed by atoms with Gasteiger partial charge in [-0.05, 0) is 87.5 Å². The molecule has 1 saturated heterocycles. The summed E-state index contributed by atoms with van der Waals surface area (Å²) in [6, 6.07) is 19.0. The van der Waals surface area contributed by atoms with Gasteiger partial charge in [0.15, 0.2) is 11.4 Å². The fourth-order valence-corrected chi connectivity index (χ4v) is 7.98. The largest absolute Gasteiger partial charge is 0.496 e. The summed E-state index contributed by atoms with van der Waals surface area (Å²) < 4.78 is 13.9. The number of rotatable bonds is 11. The van der Waals surface area contributed by atoms with Crippen LogP contribution < -0.4 is 25.0 Å². The lowest BCUT2D eigenvalue weighted by Crippen LogP contribution is -2.42. The SMILES string of the molecule is CCc1cccc(CC)c1NC(=O)c1nn(C)c2c1CCc1cnc(Nc3ccc(N4CCC(N(C)C)CC4)c(-c4ccccc4OC)c3OC)nc1-2. The highest BCUT2D eigenvalue weighted by Crippen LogP contribution is 2.48. The van der Waals surface area contributed by atoms with E-state index in [2.05, 4.69) is 78.7 Å². The van der Waals surface area contributed by atoms with Gasteiger partial charge in [0.1, 0.15) is 5.75 Å². The molecule has 11 heteroatoms. The average Bonchev–Trinajstić information content (AvgIpc) is 3.54. The lowest BCUT2D eigenvalue weighted by atomic mass is 9.93. The van der Waals surface area contributed by atoms with Crippen LogP contribution in [0, 0.1) is 0 Å². The first-order chi connectivity index (χ1) is 25.8. The van der Waals surface area contributed by atoms with Crippen LogP contribution in [-0.2, 0) is 32.7 Å². The summed E-state index contributed by atoms with van der Waals surface area (Å²) in [5, 5.41) is 11.5. The van der Waals surface area contributed by atoms with Crippen molar-refractivity contribution in [1.29, 1.82) is 0 Å². The number of methoxy groups -OCH3 is 2. The van der Waals surface area contributed by atoms with Crippen molar-refractivity contribution in [3.05, 3.63) is 88.7 Å². The zero-order valence-electron chi connectivity index (χ0n) is 31.9. The van der Waals surface area contributed by atoms with Gasteiger partial charge in [-0.3, -0.25) is 9.48 Å². The Morgan fingerprint density at radius 1 is 0.943 bits per heavy atom. The number of ether oxygens (including phenoxy) is 2. The summed E-state index contributed by atoms with van der Waals surface area (Å²) in [6.07, 6.45) is 7.07. The molecule has 0 saturated carbocycles. The number of fused-ring (bicyclic) bond motifs is 3. The van der Waals surface area contributed by atoms with Crippen molar-refractivity contribution >= 4 is 28.9 Å². The van der Waals surface area contributed by atoms with Crippen molar-refractivity contribution < 1.29 is 14.3 Å². The molecule has 0 atom stereocenters. The first-order valence-corrected chi connectivity index (χ1v) is 18.6. The monoisotopic (exact) mass is 714 g/mol. The third-order valence-corrected chi connectivity index (χ3v) is 10.8. The van der Waals surface area contributed by atoms with Crippen LogP contribution in [0.15, 0.2) is 60.8 Å². The van der Waals surface area contributed by atoms with Crippen LogP contribution in [0.4, 0.5) is 23.0 Å². The van der Waals surface area contributed by atoms with E-state index in [1.807, 2.05) is 37.5 Å². The number of aromatic nitrogens is 4. The van der Waals surface area contributed by atoms with Crippen LogP contribution in [0.1, 0.15) is 59.4 Å². The number of nitrogens with one attached hydrogen (secondary N) is 2. The molecule has 0 spiro atoms. The molecule has 7 rings (SSSR count). The van der Waals surface area contributed by atoms with E-state index in [1.165, 1.54) is 0 Å². The van der Waals surface area contributed by atoms with Gasteiger partial charge in [-0.25, -0.2) is 9.97 Å². The van der Waals surface area contributed by atoms with E-state index in [9.17, 15) is 4.79 Å². The van der Waals surface area contributed by atoms with Gasteiger partial charge in [-0.1, -0.05) is 50.2 Å². The average molecular weight is 715 g/mol. The van der Waals surface area contributed by atoms with E-state index in [1.54, 1.807) is 18.9 Å². The van der Waals surface area contributed by atoms with E-state index >= 15 is 0 Å². The zero-order chi connectivity index (χ0) is 37.2. The first kappa shape index (κ1) is 36.0. The summed E-state index contributed by atoms with van der Waals surface area (Å²) in [5.74, 6) is 1.68. The number of benzene rings is 3. The molecule has 1 fully saturated rings. The number of aryl methyl sites for hydroxylation is 4. The Hall–Kier alpha value is -5.42. The molecule has 276 valence electrons. The third kappa shape index (κ3) is 6.81. The normalized spacial score (nSPS) is 14.2. The van der Waals surface area contributed by atoms with E-state index in [4.69, 9.17) is 24.5 Å². The maximum Gasteiger partial charge on any atom is 0.276 e. The van der Waals surface area contributed by atoms with Crippen LogP contribution in [0.25, 0.3) is 22.5 Å².